The summed E-state index contributed by atoms with van der Waals surface area (Å²) in [5, 5.41) is 1.61. The number of hydrogen-bond acceptors (Lipinski definition) is 5. The van der Waals surface area contributed by atoms with Gasteiger partial charge in [0.1, 0.15) is 0 Å². The van der Waals surface area contributed by atoms with Crippen LogP contribution in [-0.4, -0.2) is 46.8 Å². The van der Waals surface area contributed by atoms with E-state index in [1.165, 1.54) is 84.9 Å². The van der Waals surface area contributed by atoms with Crippen molar-refractivity contribution in [3.8, 4) is 22.6 Å². The van der Waals surface area contributed by atoms with E-state index in [-0.39, 0.29) is 30.2 Å². The van der Waals surface area contributed by atoms with Gasteiger partial charge in [-0.25, -0.2) is 0 Å². The fraction of sp³-hybridized carbons (Fsp3) is 0.488. The summed E-state index contributed by atoms with van der Waals surface area (Å²) < 4.78 is 40.1. The summed E-state index contributed by atoms with van der Waals surface area (Å²) in [4.78, 5) is 0. The molecule has 0 spiro atoms. The van der Waals surface area contributed by atoms with E-state index in [0.717, 1.165) is 34.8 Å². The van der Waals surface area contributed by atoms with Crippen molar-refractivity contribution in [1.29, 1.82) is 0 Å². The number of hydrogen-bond donors (Lipinski definition) is 2. The van der Waals surface area contributed by atoms with Crippen LogP contribution >= 0.6 is 7.92 Å². The smallest absolute Gasteiger partial charge is 0.261 e. The third kappa shape index (κ3) is 11.1. The van der Waals surface area contributed by atoms with E-state index in [2.05, 4.69) is 113 Å². The van der Waals surface area contributed by atoms with Gasteiger partial charge in [-0.1, -0.05) is 0 Å². The fourth-order valence-electron chi connectivity index (χ4n) is 7.70. The summed E-state index contributed by atoms with van der Waals surface area (Å²) >= 11 is 0.164. The number of allylic oxidation sites excluding steroid dienone is 2. The van der Waals surface area contributed by atoms with Gasteiger partial charge in [-0.3, -0.25) is 4.55 Å². The molecule has 6 nitrogen and oxygen atoms in total. The molecule has 6 rings (SSSR count). The molecule has 0 radical (unpaired) electrons. The van der Waals surface area contributed by atoms with Crippen LogP contribution in [0.5, 0.6) is 11.5 Å². The molecular formula is C43H58NO5PPdS. The molecule has 0 saturated heterocycles. The van der Waals surface area contributed by atoms with Crippen molar-refractivity contribution < 1.29 is 40.4 Å². The minimum Gasteiger partial charge on any atom is -0.286 e. The zero-order chi connectivity index (χ0) is 37.3. The summed E-state index contributed by atoms with van der Waals surface area (Å²) in [7, 11) is -4.10. The van der Waals surface area contributed by atoms with Crippen LogP contribution in [0, 0.1) is 0 Å². The van der Waals surface area contributed by atoms with Crippen LogP contribution in [0.4, 0.5) is 0 Å². The van der Waals surface area contributed by atoms with Gasteiger partial charge >= 0.3 is 295 Å². The van der Waals surface area contributed by atoms with Crippen molar-refractivity contribution in [1.82, 2.24) is 0 Å². The quantitative estimate of drug-likeness (QED) is 0.113. The molecule has 2 fully saturated rings. The number of ether oxygens (including phenoxy) is 2. The largest absolute Gasteiger partial charge is 0.286 e. The van der Waals surface area contributed by atoms with Crippen LogP contribution < -0.4 is 24.5 Å². The van der Waals surface area contributed by atoms with Gasteiger partial charge in [-0.15, -0.1) is 0 Å². The van der Waals surface area contributed by atoms with Gasteiger partial charge in [-0.2, -0.15) is 8.42 Å². The molecule has 0 bridgehead atoms. The molecule has 3 aromatic rings. The van der Waals surface area contributed by atoms with Crippen molar-refractivity contribution in [2.24, 2.45) is 5.73 Å². The van der Waals surface area contributed by atoms with Crippen molar-refractivity contribution >= 4 is 33.0 Å². The van der Waals surface area contributed by atoms with Crippen LogP contribution in [0.15, 0.2) is 85.0 Å². The van der Waals surface area contributed by atoms with Gasteiger partial charge in [0.05, 0.1) is 6.26 Å². The Morgan fingerprint density at radius 2 is 1.31 bits per heavy atom. The zero-order valence-corrected chi connectivity index (χ0v) is 34.8. The maximum Gasteiger partial charge on any atom is 0.261 e. The maximum atomic E-state index is 9.19. The van der Waals surface area contributed by atoms with Gasteiger partial charge in [0.2, 0.25) is 0 Å². The average Bonchev–Trinajstić information content (AvgIpc) is 3.09. The monoisotopic (exact) mass is 837 g/mol. The van der Waals surface area contributed by atoms with E-state index < -0.39 is 22.1 Å². The van der Waals surface area contributed by atoms with E-state index in [1.54, 1.807) is 5.30 Å². The first-order valence-corrected chi connectivity index (χ1v) is 23.8. The second-order valence-corrected chi connectivity index (χ2v) is 21.6. The molecule has 286 valence electrons. The Bertz CT molecular complexity index is 1730. The van der Waals surface area contributed by atoms with Crippen molar-refractivity contribution in [2.75, 3.05) is 6.26 Å². The Morgan fingerprint density at radius 1 is 0.788 bits per heavy atom. The van der Waals surface area contributed by atoms with Gasteiger partial charge in [0.25, 0.3) is 10.1 Å². The third-order valence-electron chi connectivity index (χ3n) is 9.68. The van der Waals surface area contributed by atoms with E-state index in [9.17, 15) is 8.42 Å². The molecule has 9 heteroatoms. The fourth-order valence-corrected chi connectivity index (χ4v) is 14.8. The first-order chi connectivity index (χ1) is 24.8. The first kappa shape index (κ1) is 40.9. The summed E-state index contributed by atoms with van der Waals surface area (Å²) in [5.41, 5.74) is 14.1. The molecule has 3 N–H and O–H groups in total. The summed E-state index contributed by atoms with van der Waals surface area (Å²) in [5.74, 6) is 1.86. The molecule has 3 aliphatic rings. The zero-order valence-electron chi connectivity index (χ0n) is 31.5. The van der Waals surface area contributed by atoms with Crippen molar-refractivity contribution in [3.63, 3.8) is 0 Å². The standard InChI is InChI=1S/C30H42O2P.C12H12N.CH4O3S.Pd/c1-22(2)31-27-19-13-20-28(32-23(3)4)30(27)26-18-11-12-21-29(26)33(24-14-7-5-8-15-24)25-16-9-6-10-17-25;13-12-9-5-4-8-11(12)10-6-2-1-3-7-10;1-5(2,3)4;/h11-13,18-20,22-25H,5-10,14-17H2,1-4H3;1-8H,9,13H2;1H3,(H,2,3,4);. The van der Waals surface area contributed by atoms with Crippen LogP contribution in [0.25, 0.3) is 16.7 Å². The SMILES string of the molecule is CC(C)Oc1cccc(OC(C)C)c1-c1ccc[c]([Pd][C]2(N)CC=CC=C2c2ccccc2)c1P(C1CCCCC1)C1CCCCC1.CS(=O)(=O)O. The van der Waals surface area contributed by atoms with E-state index in [0.29, 0.717) is 6.26 Å². The normalized spacial score (nSPS) is 20.2. The molecule has 3 aromatic carbocycles. The summed E-state index contributed by atoms with van der Waals surface area (Å²) in [6, 6.07) is 24.4. The number of benzene rings is 3. The van der Waals surface area contributed by atoms with E-state index in [1.807, 2.05) is 0 Å². The maximum absolute atomic E-state index is 9.19. The molecule has 0 aromatic heterocycles. The minimum atomic E-state index is -3.67. The predicted octanol–water partition coefficient (Wildman–Crippen LogP) is 9.61. The molecular weight excluding hydrogens is 780 g/mol. The van der Waals surface area contributed by atoms with Crippen LogP contribution in [0.1, 0.15) is 104 Å². The second kappa shape index (κ2) is 18.8. The predicted molar refractivity (Wildman–Crippen MR) is 216 cm³/mol. The van der Waals surface area contributed by atoms with E-state index >= 15 is 0 Å². The van der Waals surface area contributed by atoms with Crippen LogP contribution in [0.3, 0.4) is 0 Å². The van der Waals surface area contributed by atoms with Gasteiger partial charge in [0, 0.05) is 0 Å². The first-order valence-electron chi connectivity index (χ1n) is 19.0. The van der Waals surface area contributed by atoms with Gasteiger partial charge < -0.3 is 0 Å². The molecule has 52 heavy (non-hydrogen) atoms. The topological polar surface area (TPSA) is 98.9 Å². The molecule has 0 aliphatic heterocycles. The van der Waals surface area contributed by atoms with Gasteiger partial charge in [0.15, 0.2) is 0 Å². The third-order valence-corrected chi connectivity index (χ3v) is 16.1. The number of nitrogens with two attached hydrogens (primary N) is 1. The average molecular weight is 838 g/mol. The molecule has 2 saturated carbocycles. The molecule has 0 heterocycles. The Kier molecular flexibility index (Phi) is 14.8. The Labute approximate surface area is 322 Å². The van der Waals surface area contributed by atoms with Crippen molar-refractivity contribution in [2.45, 2.75) is 126 Å². The molecule has 1 unspecified atom stereocenters. The second-order valence-electron chi connectivity index (χ2n) is 14.8. The number of rotatable bonds is 11. The van der Waals surface area contributed by atoms with Crippen LogP contribution in [-0.2, 0) is 28.1 Å². The van der Waals surface area contributed by atoms with E-state index in [4.69, 9.17) is 19.8 Å². The summed E-state index contributed by atoms with van der Waals surface area (Å²) in [6.45, 7) is 8.51. The minimum absolute atomic E-state index is 0.0659. The van der Waals surface area contributed by atoms with Crippen LogP contribution in [0.2, 0.25) is 0 Å². The Hall–Kier alpha value is -2.30. The molecule has 1 atom stereocenters. The molecule has 0 amide bonds. The molecule has 3 aliphatic carbocycles. The van der Waals surface area contributed by atoms with Gasteiger partial charge in [-0.05, 0) is 0 Å². The Balaban J connectivity index is 0.000000979. The summed E-state index contributed by atoms with van der Waals surface area (Å²) in [6.07, 6.45) is 22.1. The Morgan fingerprint density at radius 3 is 1.83 bits per heavy atom. The van der Waals surface area contributed by atoms with Crippen molar-refractivity contribution in [3.05, 3.63) is 90.5 Å².